The van der Waals surface area contributed by atoms with Crippen molar-refractivity contribution in [1.29, 1.82) is 0 Å². The van der Waals surface area contributed by atoms with Crippen LogP contribution in [0.1, 0.15) is 22.7 Å². The minimum Gasteiger partial charge on any atom is -0.365 e. The molecule has 2 rings (SSSR count). The fourth-order valence-corrected chi connectivity index (χ4v) is 2.31. The molecule has 0 spiro atoms. The highest BCUT2D eigenvalue weighted by Crippen LogP contribution is 2.21. The maximum Gasteiger partial charge on any atom is 0.226 e. The summed E-state index contributed by atoms with van der Waals surface area (Å²) in [5.74, 6) is 0.00773. The van der Waals surface area contributed by atoms with Gasteiger partial charge in [0.15, 0.2) is 5.13 Å². The van der Waals surface area contributed by atoms with Gasteiger partial charge in [0.05, 0.1) is 5.69 Å². The van der Waals surface area contributed by atoms with Crippen LogP contribution in [-0.2, 0) is 11.2 Å². The molecular weight excluding hydrogens is 234 g/mol. The van der Waals surface area contributed by atoms with E-state index in [1.54, 1.807) is 0 Å². The SMILES string of the molecule is Cc1nc(NC(=O)CCc2ccc[nH]2)sc1C. The van der Waals surface area contributed by atoms with E-state index in [0.717, 1.165) is 22.7 Å². The molecule has 0 aliphatic rings. The third kappa shape index (κ3) is 3.17. The first kappa shape index (κ1) is 11.9. The zero-order valence-corrected chi connectivity index (χ0v) is 10.7. The van der Waals surface area contributed by atoms with Crippen LogP contribution in [0.15, 0.2) is 18.3 Å². The zero-order valence-electron chi connectivity index (χ0n) is 9.91. The van der Waals surface area contributed by atoms with Crippen LogP contribution in [0.5, 0.6) is 0 Å². The van der Waals surface area contributed by atoms with E-state index in [0.29, 0.717) is 11.6 Å². The van der Waals surface area contributed by atoms with Crippen LogP contribution >= 0.6 is 11.3 Å². The first-order chi connectivity index (χ1) is 8.15. The summed E-state index contributed by atoms with van der Waals surface area (Å²) < 4.78 is 0. The van der Waals surface area contributed by atoms with Crippen LogP contribution in [0.3, 0.4) is 0 Å². The molecule has 2 aromatic rings. The van der Waals surface area contributed by atoms with Crippen molar-refractivity contribution in [1.82, 2.24) is 9.97 Å². The third-order valence-corrected chi connectivity index (χ3v) is 3.55. The average molecular weight is 249 g/mol. The summed E-state index contributed by atoms with van der Waals surface area (Å²) in [6.45, 7) is 3.95. The van der Waals surface area contributed by atoms with E-state index < -0.39 is 0 Å². The van der Waals surface area contributed by atoms with Crippen molar-refractivity contribution in [2.24, 2.45) is 0 Å². The second kappa shape index (κ2) is 5.14. The molecule has 17 heavy (non-hydrogen) atoms. The Morgan fingerprint density at radius 3 is 2.94 bits per heavy atom. The molecular formula is C12H15N3OS. The van der Waals surface area contributed by atoms with Crippen molar-refractivity contribution < 1.29 is 4.79 Å². The van der Waals surface area contributed by atoms with Gasteiger partial charge in [-0.05, 0) is 32.4 Å². The Bertz CT molecular complexity index is 482. The summed E-state index contributed by atoms with van der Waals surface area (Å²) in [6.07, 6.45) is 3.06. The second-order valence-corrected chi connectivity index (χ2v) is 5.11. The highest BCUT2D eigenvalue weighted by atomic mass is 32.1. The van der Waals surface area contributed by atoms with E-state index >= 15 is 0 Å². The molecule has 2 N–H and O–H groups in total. The van der Waals surface area contributed by atoms with E-state index in [2.05, 4.69) is 15.3 Å². The van der Waals surface area contributed by atoms with E-state index in [9.17, 15) is 4.79 Å². The molecule has 0 fully saturated rings. The normalized spacial score (nSPS) is 10.5. The number of H-pyrrole nitrogens is 1. The number of aromatic nitrogens is 2. The van der Waals surface area contributed by atoms with Gasteiger partial charge in [0.1, 0.15) is 0 Å². The van der Waals surface area contributed by atoms with Crippen LogP contribution in [0.4, 0.5) is 5.13 Å². The highest BCUT2D eigenvalue weighted by Gasteiger charge is 2.08. The van der Waals surface area contributed by atoms with E-state index in [4.69, 9.17) is 0 Å². The quantitative estimate of drug-likeness (QED) is 0.875. The standard InChI is InChI=1S/C12H15N3OS/c1-8-9(2)17-12(14-8)15-11(16)6-5-10-4-3-7-13-10/h3-4,7,13H,5-6H2,1-2H3,(H,14,15,16). The maximum absolute atomic E-state index is 11.7. The molecule has 2 heterocycles. The lowest BCUT2D eigenvalue weighted by Gasteiger charge is -2.00. The minimum atomic E-state index is 0.00773. The Kier molecular flexibility index (Phi) is 3.58. The Morgan fingerprint density at radius 1 is 1.53 bits per heavy atom. The van der Waals surface area contributed by atoms with E-state index in [1.807, 2.05) is 32.2 Å². The fourth-order valence-electron chi connectivity index (χ4n) is 1.48. The van der Waals surface area contributed by atoms with Crippen molar-refractivity contribution in [3.8, 4) is 0 Å². The lowest BCUT2D eigenvalue weighted by atomic mass is 10.2. The predicted octanol–water partition coefficient (Wildman–Crippen LogP) is 2.66. The molecule has 0 atom stereocenters. The van der Waals surface area contributed by atoms with Gasteiger partial charge >= 0.3 is 0 Å². The summed E-state index contributed by atoms with van der Waals surface area (Å²) in [6, 6.07) is 3.91. The van der Waals surface area contributed by atoms with Crippen molar-refractivity contribution >= 4 is 22.4 Å². The summed E-state index contributed by atoms with van der Waals surface area (Å²) in [5.41, 5.74) is 2.06. The minimum absolute atomic E-state index is 0.00773. The Labute approximate surface area is 104 Å². The van der Waals surface area contributed by atoms with E-state index in [1.165, 1.54) is 11.3 Å². The van der Waals surface area contributed by atoms with Crippen LogP contribution < -0.4 is 5.32 Å². The van der Waals surface area contributed by atoms with Gasteiger partial charge in [-0.15, -0.1) is 11.3 Å². The van der Waals surface area contributed by atoms with Crippen LogP contribution in [-0.4, -0.2) is 15.9 Å². The molecule has 5 heteroatoms. The van der Waals surface area contributed by atoms with Crippen molar-refractivity contribution in [2.45, 2.75) is 26.7 Å². The Morgan fingerprint density at radius 2 is 2.35 bits per heavy atom. The molecule has 0 aliphatic heterocycles. The van der Waals surface area contributed by atoms with Crippen LogP contribution in [0.25, 0.3) is 0 Å². The maximum atomic E-state index is 11.7. The van der Waals surface area contributed by atoms with Gasteiger partial charge < -0.3 is 10.3 Å². The number of carbonyl (C=O) groups is 1. The largest absolute Gasteiger partial charge is 0.365 e. The Hall–Kier alpha value is -1.62. The average Bonchev–Trinajstić information content (AvgIpc) is 2.87. The number of anilines is 1. The van der Waals surface area contributed by atoms with Gasteiger partial charge in [-0.3, -0.25) is 4.79 Å². The van der Waals surface area contributed by atoms with Gasteiger partial charge in [-0.2, -0.15) is 0 Å². The number of aryl methyl sites for hydroxylation is 3. The first-order valence-corrected chi connectivity index (χ1v) is 6.33. The number of rotatable bonds is 4. The van der Waals surface area contributed by atoms with Gasteiger partial charge in [-0.1, -0.05) is 0 Å². The van der Waals surface area contributed by atoms with Crippen LogP contribution in [0.2, 0.25) is 0 Å². The van der Waals surface area contributed by atoms with Gasteiger partial charge in [-0.25, -0.2) is 4.98 Å². The van der Waals surface area contributed by atoms with Gasteiger partial charge in [0, 0.05) is 23.2 Å². The smallest absolute Gasteiger partial charge is 0.226 e. The summed E-state index contributed by atoms with van der Waals surface area (Å²) in [5, 5.41) is 3.51. The fraction of sp³-hybridized carbons (Fsp3) is 0.333. The van der Waals surface area contributed by atoms with Crippen molar-refractivity contribution in [3.05, 3.63) is 34.6 Å². The molecule has 0 aliphatic carbocycles. The van der Waals surface area contributed by atoms with Crippen molar-refractivity contribution in [3.63, 3.8) is 0 Å². The molecule has 0 saturated carbocycles. The lowest BCUT2D eigenvalue weighted by molar-refractivity contribution is -0.116. The third-order valence-electron chi connectivity index (χ3n) is 2.56. The van der Waals surface area contributed by atoms with Gasteiger partial charge in [0.2, 0.25) is 5.91 Å². The lowest BCUT2D eigenvalue weighted by Crippen LogP contribution is -2.12. The van der Waals surface area contributed by atoms with Crippen LogP contribution in [0, 0.1) is 13.8 Å². The number of amides is 1. The second-order valence-electron chi connectivity index (χ2n) is 3.90. The number of carbonyl (C=O) groups excluding carboxylic acids is 1. The molecule has 4 nitrogen and oxygen atoms in total. The highest BCUT2D eigenvalue weighted by molar-refractivity contribution is 7.15. The number of hydrogen-bond donors (Lipinski definition) is 2. The number of nitrogens with one attached hydrogen (secondary N) is 2. The molecule has 0 saturated heterocycles. The first-order valence-electron chi connectivity index (χ1n) is 5.51. The number of hydrogen-bond acceptors (Lipinski definition) is 3. The number of thiazole rings is 1. The zero-order chi connectivity index (χ0) is 12.3. The molecule has 0 unspecified atom stereocenters. The summed E-state index contributed by atoms with van der Waals surface area (Å²) in [4.78, 5) is 20.2. The summed E-state index contributed by atoms with van der Waals surface area (Å²) in [7, 11) is 0. The monoisotopic (exact) mass is 249 g/mol. The Balaban J connectivity index is 1.85. The molecule has 1 amide bonds. The predicted molar refractivity (Wildman–Crippen MR) is 69.3 cm³/mol. The molecule has 2 aromatic heterocycles. The summed E-state index contributed by atoms with van der Waals surface area (Å²) >= 11 is 1.52. The van der Waals surface area contributed by atoms with Gasteiger partial charge in [0.25, 0.3) is 0 Å². The van der Waals surface area contributed by atoms with Crippen molar-refractivity contribution in [2.75, 3.05) is 5.32 Å². The molecule has 0 radical (unpaired) electrons. The molecule has 0 aromatic carbocycles. The molecule has 90 valence electrons. The number of nitrogens with zero attached hydrogens (tertiary/aromatic N) is 1. The molecule has 0 bridgehead atoms. The topological polar surface area (TPSA) is 57.8 Å². The number of aromatic amines is 1. The van der Waals surface area contributed by atoms with E-state index in [-0.39, 0.29) is 5.91 Å².